The third-order valence-electron chi connectivity index (χ3n) is 3.92. The van der Waals surface area contributed by atoms with Crippen LogP contribution in [0.15, 0.2) is 71.2 Å². The molecule has 5 nitrogen and oxygen atoms in total. The Labute approximate surface area is 170 Å². The number of non-ortho nitro benzene ring substituents is 1. The molecule has 138 valence electrons. The molecule has 0 radical (unpaired) electrons. The number of nitrogens with zero attached hydrogens (tertiary/aromatic N) is 1. The summed E-state index contributed by atoms with van der Waals surface area (Å²) in [5, 5.41) is 14.7. The van der Waals surface area contributed by atoms with E-state index in [1.165, 1.54) is 12.1 Å². The summed E-state index contributed by atoms with van der Waals surface area (Å²) in [6, 6.07) is 19.6. The number of anilines is 1. The summed E-state index contributed by atoms with van der Waals surface area (Å²) in [4.78, 5) is 10.3. The highest BCUT2D eigenvalue weighted by Crippen LogP contribution is 2.26. The smallest absolute Gasteiger partial charge is 0.269 e. The van der Waals surface area contributed by atoms with Crippen LogP contribution in [0.4, 0.5) is 11.4 Å². The lowest BCUT2D eigenvalue weighted by atomic mass is 10.2. The molecule has 0 unspecified atom stereocenters. The van der Waals surface area contributed by atoms with Gasteiger partial charge in [-0.2, -0.15) is 0 Å². The zero-order valence-electron chi connectivity index (χ0n) is 14.2. The van der Waals surface area contributed by atoms with Gasteiger partial charge in [-0.3, -0.25) is 10.1 Å². The molecule has 3 rings (SSSR count). The first-order chi connectivity index (χ1) is 13.0. The van der Waals surface area contributed by atoms with E-state index in [1.807, 2.05) is 42.5 Å². The highest BCUT2D eigenvalue weighted by molar-refractivity contribution is 9.10. The van der Waals surface area contributed by atoms with Crippen molar-refractivity contribution in [3.63, 3.8) is 0 Å². The summed E-state index contributed by atoms with van der Waals surface area (Å²) in [6.07, 6.45) is 0. The number of ether oxygens (including phenoxy) is 1. The molecule has 27 heavy (non-hydrogen) atoms. The molecule has 0 saturated carbocycles. The zero-order chi connectivity index (χ0) is 19.2. The lowest BCUT2D eigenvalue weighted by Crippen LogP contribution is -2.04. The van der Waals surface area contributed by atoms with Crippen LogP contribution in [0.1, 0.15) is 11.1 Å². The second-order valence-corrected chi connectivity index (χ2v) is 7.11. The summed E-state index contributed by atoms with van der Waals surface area (Å²) in [6.45, 7) is 0.876. The fourth-order valence-electron chi connectivity index (χ4n) is 2.50. The largest absolute Gasteiger partial charge is 0.488 e. The number of nitro groups is 1. The van der Waals surface area contributed by atoms with Crippen molar-refractivity contribution in [3.8, 4) is 5.75 Å². The van der Waals surface area contributed by atoms with Gasteiger partial charge in [0.25, 0.3) is 5.69 Å². The van der Waals surface area contributed by atoms with Crippen molar-refractivity contribution < 1.29 is 9.66 Å². The predicted molar refractivity (Wildman–Crippen MR) is 110 cm³/mol. The van der Waals surface area contributed by atoms with Crippen LogP contribution in [0, 0.1) is 10.1 Å². The standard InChI is InChI=1S/C20H16BrClN2O3/c21-16-5-10-20(27-13-14-3-1-2-4-19(14)22)15(11-16)12-23-17-6-8-18(9-7-17)24(25)26/h1-11,23H,12-13H2. The molecule has 0 bridgehead atoms. The van der Waals surface area contributed by atoms with Gasteiger partial charge in [0.05, 0.1) is 4.92 Å². The molecular weight excluding hydrogens is 432 g/mol. The Morgan fingerprint density at radius 3 is 2.48 bits per heavy atom. The predicted octanol–water partition coefficient (Wildman–Crippen LogP) is 6.20. The van der Waals surface area contributed by atoms with Crippen molar-refractivity contribution in [2.45, 2.75) is 13.2 Å². The van der Waals surface area contributed by atoms with Gasteiger partial charge in [0.2, 0.25) is 0 Å². The van der Waals surface area contributed by atoms with E-state index < -0.39 is 4.92 Å². The van der Waals surface area contributed by atoms with Gasteiger partial charge in [-0.25, -0.2) is 0 Å². The number of hydrogen-bond donors (Lipinski definition) is 1. The van der Waals surface area contributed by atoms with Crippen molar-refractivity contribution in [2.24, 2.45) is 0 Å². The second-order valence-electron chi connectivity index (χ2n) is 5.79. The average molecular weight is 448 g/mol. The fourth-order valence-corrected chi connectivity index (χ4v) is 3.10. The maximum Gasteiger partial charge on any atom is 0.269 e. The van der Waals surface area contributed by atoms with E-state index in [9.17, 15) is 10.1 Å². The molecule has 0 spiro atoms. The van der Waals surface area contributed by atoms with Gasteiger partial charge in [-0.15, -0.1) is 0 Å². The summed E-state index contributed by atoms with van der Waals surface area (Å²) in [5.41, 5.74) is 2.72. The van der Waals surface area contributed by atoms with E-state index in [4.69, 9.17) is 16.3 Å². The van der Waals surface area contributed by atoms with E-state index in [-0.39, 0.29) is 5.69 Å². The number of rotatable bonds is 7. The van der Waals surface area contributed by atoms with Crippen molar-refractivity contribution in [1.82, 2.24) is 0 Å². The normalized spacial score (nSPS) is 10.4. The van der Waals surface area contributed by atoms with Crippen LogP contribution >= 0.6 is 27.5 Å². The molecule has 3 aromatic carbocycles. The SMILES string of the molecule is O=[N+]([O-])c1ccc(NCc2cc(Br)ccc2OCc2ccccc2Cl)cc1. The number of nitro benzene ring substituents is 1. The molecule has 0 heterocycles. The highest BCUT2D eigenvalue weighted by atomic mass is 79.9. The zero-order valence-corrected chi connectivity index (χ0v) is 16.5. The monoisotopic (exact) mass is 446 g/mol. The summed E-state index contributed by atoms with van der Waals surface area (Å²) < 4.78 is 6.90. The third-order valence-corrected chi connectivity index (χ3v) is 4.79. The number of nitrogens with one attached hydrogen (secondary N) is 1. The molecule has 0 aliphatic rings. The Morgan fingerprint density at radius 2 is 1.78 bits per heavy atom. The molecule has 0 saturated heterocycles. The molecule has 0 aliphatic heterocycles. The van der Waals surface area contributed by atoms with Crippen LogP contribution in [0.3, 0.4) is 0 Å². The minimum Gasteiger partial charge on any atom is -0.488 e. The number of benzene rings is 3. The topological polar surface area (TPSA) is 64.4 Å². The van der Waals surface area contributed by atoms with Crippen molar-refractivity contribution in [2.75, 3.05) is 5.32 Å². The second kappa shape index (κ2) is 8.88. The van der Waals surface area contributed by atoms with E-state index in [0.29, 0.717) is 18.2 Å². The van der Waals surface area contributed by atoms with Crippen molar-refractivity contribution in [1.29, 1.82) is 0 Å². The van der Waals surface area contributed by atoms with Crippen LogP contribution in [-0.4, -0.2) is 4.92 Å². The molecule has 7 heteroatoms. The van der Waals surface area contributed by atoms with Gasteiger partial charge in [0.15, 0.2) is 0 Å². The van der Waals surface area contributed by atoms with Crippen LogP contribution in [0.2, 0.25) is 5.02 Å². The van der Waals surface area contributed by atoms with Crippen LogP contribution in [-0.2, 0) is 13.2 Å². The Hall–Kier alpha value is -2.57. The quantitative estimate of drug-likeness (QED) is 0.346. The Morgan fingerprint density at radius 1 is 1.04 bits per heavy atom. The highest BCUT2D eigenvalue weighted by Gasteiger charge is 2.08. The molecular formula is C20H16BrClN2O3. The van der Waals surface area contributed by atoms with Crippen LogP contribution in [0.5, 0.6) is 5.75 Å². The van der Waals surface area contributed by atoms with Gasteiger partial charge in [-0.05, 0) is 36.4 Å². The Kier molecular flexibility index (Phi) is 6.32. The maximum atomic E-state index is 10.7. The molecule has 1 N–H and O–H groups in total. The van der Waals surface area contributed by atoms with Gasteiger partial charge in [0, 0.05) is 45.0 Å². The molecule has 0 aliphatic carbocycles. The lowest BCUT2D eigenvalue weighted by molar-refractivity contribution is -0.384. The minimum absolute atomic E-state index is 0.0618. The van der Waals surface area contributed by atoms with E-state index in [0.717, 1.165) is 27.0 Å². The first-order valence-electron chi connectivity index (χ1n) is 8.16. The summed E-state index contributed by atoms with van der Waals surface area (Å²) in [7, 11) is 0. The molecule has 0 amide bonds. The van der Waals surface area contributed by atoms with Crippen molar-refractivity contribution >= 4 is 38.9 Å². The lowest BCUT2D eigenvalue weighted by Gasteiger charge is -2.14. The first kappa shape index (κ1) is 19.2. The minimum atomic E-state index is -0.418. The number of hydrogen-bond acceptors (Lipinski definition) is 4. The fraction of sp³-hybridized carbons (Fsp3) is 0.100. The number of halogens is 2. The molecule has 3 aromatic rings. The molecule has 0 atom stereocenters. The van der Waals surface area contributed by atoms with E-state index in [2.05, 4.69) is 21.2 Å². The average Bonchev–Trinajstić information content (AvgIpc) is 2.67. The summed E-state index contributed by atoms with van der Waals surface area (Å²) >= 11 is 9.66. The van der Waals surface area contributed by atoms with Gasteiger partial charge >= 0.3 is 0 Å². The molecule has 0 aromatic heterocycles. The first-order valence-corrected chi connectivity index (χ1v) is 9.33. The van der Waals surface area contributed by atoms with E-state index in [1.54, 1.807) is 12.1 Å². The third kappa shape index (κ3) is 5.21. The summed E-state index contributed by atoms with van der Waals surface area (Å²) in [5.74, 6) is 0.743. The maximum absolute atomic E-state index is 10.7. The van der Waals surface area contributed by atoms with Gasteiger partial charge < -0.3 is 10.1 Å². The van der Waals surface area contributed by atoms with Gasteiger partial charge in [0.1, 0.15) is 12.4 Å². The van der Waals surface area contributed by atoms with Crippen molar-refractivity contribution in [3.05, 3.63) is 97.5 Å². The van der Waals surface area contributed by atoms with E-state index >= 15 is 0 Å². The van der Waals surface area contributed by atoms with Crippen LogP contribution < -0.4 is 10.1 Å². The Bertz CT molecular complexity index is 948. The van der Waals surface area contributed by atoms with Crippen LogP contribution in [0.25, 0.3) is 0 Å². The Balaban J connectivity index is 1.70. The van der Waals surface area contributed by atoms with Gasteiger partial charge in [-0.1, -0.05) is 45.7 Å². The molecule has 0 fully saturated rings.